The van der Waals surface area contributed by atoms with Crippen molar-refractivity contribution in [1.82, 2.24) is 24.5 Å². The molecule has 1 saturated carbocycles. The van der Waals surface area contributed by atoms with Crippen molar-refractivity contribution in [1.29, 1.82) is 0 Å². The number of hydrogen-bond donors (Lipinski definition) is 2. The SMILES string of the molecule is CN(C)S(=O)(=O)NC(=O)c1cc(F)c2nc(N3C4CCC3CC(NCc3c(-c5c(Cl)cccc5Cl)noc3C3CC3)C4)sc2c1. The van der Waals surface area contributed by atoms with E-state index in [0.29, 0.717) is 43.6 Å². The van der Waals surface area contributed by atoms with Crippen LogP contribution >= 0.6 is 34.5 Å². The van der Waals surface area contributed by atoms with E-state index in [-0.39, 0.29) is 29.2 Å². The van der Waals surface area contributed by atoms with Crippen LogP contribution < -0.4 is 14.9 Å². The van der Waals surface area contributed by atoms with Crippen molar-refractivity contribution in [2.45, 2.75) is 69.1 Å². The molecule has 3 aliphatic rings. The lowest BCUT2D eigenvalue weighted by molar-refractivity contribution is 0.0979. The van der Waals surface area contributed by atoms with Gasteiger partial charge in [-0.15, -0.1) is 0 Å². The minimum Gasteiger partial charge on any atom is -0.360 e. The van der Waals surface area contributed by atoms with Gasteiger partial charge < -0.3 is 14.7 Å². The van der Waals surface area contributed by atoms with E-state index < -0.39 is 21.9 Å². The number of anilines is 1. The zero-order valence-corrected chi connectivity index (χ0v) is 27.7. The largest absolute Gasteiger partial charge is 0.360 e. The van der Waals surface area contributed by atoms with E-state index in [0.717, 1.165) is 60.2 Å². The zero-order valence-electron chi connectivity index (χ0n) is 24.5. The normalized spacial score (nSPS) is 21.6. The highest BCUT2D eigenvalue weighted by Crippen LogP contribution is 2.47. The Balaban J connectivity index is 1.08. The Kier molecular flexibility index (Phi) is 8.06. The Morgan fingerprint density at radius 1 is 1.13 bits per heavy atom. The van der Waals surface area contributed by atoms with Gasteiger partial charge in [0, 0.05) is 61.4 Å². The fourth-order valence-electron chi connectivity index (χ4n) is 6.47. The summed E-state index contributed by atoms with van der Waals surface area (Å²) in [5.41, 5.74) is 2.47. The van der Waals surface area contributed by atoms with E-state index in [4.69, 9.17) is 27.7 Å². The number of thiazole rings is 1. The predicted molar refractivity (Wildman–Crippen MR) is 173 cm³/mol. The van der Waals surface area contributed by atoms with Gasteiger partial charge >= 0.3 is 10.2 Å². The Morgan fingerprint density at radius 3 is 2.47 bits per heavy atom. The molecular weight excluding hydrogens is 662 g/mol. The van der Waals surface area contributed by atoms with Crippen molar-refractivity contribution in [3.05, 3.63) is 63.1 Å². The molecule has 4 heterocycles. The number of hydrogen-bond acceptors (Lipinski definition) is 9. The maximum atomic E-state index is 15.1. The van der Waals surface area contributed by atoms with E-state index in [1.807, 2.05) is 10.8 Å². The van der Waals surface area contributed by atoms with E-state index in [2.05, 4.69) is 20.4 Å². The van der Waals surface area contributed by atoms with Crippen LogP contribution in [-0.2, 0) is 16.8 Å². The van der Waals surface area contributed by atoms with Gasteiger partial charge in [0.25, 0.3) is 5.91 Å². The summed E-state index contributed by atoms with van der Waals surface area (Å²) in [6, 6.07) is 8.64. The number of amides is 1. The van der Waals surface area contributed by atoms with Crippen molar-refractivity contribution >= 4 is 66.0 Å². The first kappa shape index (κ1) is 30.8. The van der Waals surface area contributed by atoms with Gasteiger partial charge in [0.15, 0.2) is 10.9 Å². The van der Waals surface area contributed by atoms with Gasteiger partial charge in [-0.25, -0.2) is 14.1 Å². The molecule has 2 aromatic heterocycles. The van der Waals surface area contributed by atoms with Crippen LogP contribution in [0.1, 0.15) is 66.1 Å². The highest BCUT2D eigenvalue weighted by molar-refractivity contribution is 7.87. The lowest BCUT2D eigenvalue weighted by Crippen LogP contribution is -2.49. The van der Waals surface area contributed by atoms with Gasteiger partial charge in [0.1, 0.15) is 17.0 Å². The molecule has 45 heavy (non-hydrogen) atoms. The molecule has 4 aromatic rings. The number of fused-ring (bicyclic) bond motifs is 3. The average Bonchev–Trinajstić information content (AvgIpc) is 3.50. The van der Waals surface area contributed by atoms with Crippen LogP contribution in [0, 0.1) is 5.82 Å². The lowest BCUT2D eigenvalue weighted by atomic mass is 9.97. The Labute approximate surface area is 274 Å². The summed E-state index contributed by atoms with van der Waals surface area (Å²) in [5, 5.41) is 9.95. The van der Waals surface area contributed by atoms with E-state index in [1.165, 1.54) is 31.5 Å². The van der Waals surface area contributed by atoms with Crippen LogP contribution in [0.25, 0.3) is 21.5 Å². The molecule has 3 fully saturated rings. The molecule has 2 aliphatic heterocycles. The van der Waals surface area contributed by atoms with Gasteiger partial charge in [0.05, 0.1) is 14.7 Å². The fourth-order valence-corrected chi connectivity index (χ4v) is 8.74. The number of nitrogens with zero attached hydrogens (tertiary/aromatic N) is 4. The fraction of sp³-hybridized carbons (Fsp3) is 0.433. The molecule has 2 unspecified atom stereocenters. The molecule has 2 aromatic carbocycles. The van der Waals surface area contributed by atoms with Gasteiger partial charge in [0.2, 0.25) is 0 Å². The summed E-state index contributed by atoms with van der Waals surface area (Å²) >= 11 is 14.4. The minimum absolute atomic E-state index is 0.0803. The van der Waals surface area contributed by atoms with Crippen LogP contribution in [0.2, 0.25) is 10.0 Å². The summed E-state index contributed by atoms with van der Waals surface area (Å²) in [4.78, 5) is 19.6. The van der Waals surface area contributed by atoms with Gasteiger partial charge in [-0.05, 0) is 62.8 Å². The summed E-state index contributed by atoms with van der Waals surface area (Å²) in [7, 11) is -1.41. The second-order valence-electron chi connectivity index (χ2n) is 12.1. The lowest BCUT2D eigenvalue weighted by Gasteiger charge is -2.39. The topological polar surface area (TPSA) is 121 Å². The van der Waals surface area contributed by atoms with Crippen LogP contribution in [0.3, 0.4) is 0 Å². The van der Waals surface area contributed by atoms with E-state index in [1.54, 1.807) is 12.1 Å². The molecule has 1 aliphatic carbocycles. The summed E-state index contributed by atoms with van der Waals surface area (Å²) in [6.45, 7) is 0.580. The van der Waals surface area contributed by atoms with Crippen molar-refractivity contribution in [2.24, 2.45) is 0 Å². The maximum Gasteiger partial charge on any atom is 0.303 e. The zero-order chi connectivity index (χ0) is 31.6. The van der Waals surface area contributed by atoms with Crippen LogP contribution in [0.15, 0.2) is 34.9 Å². The average molecular weight is 694 g/mol. The molecular formula is C30H31Cl2FN6O4S2. The van der Waals surface area contributed by atoms with Gasteiger partial charge in [-0.2, -0.15) is 12.7 Å². The number of carbonyl (C=O) groups excluding carboxylic acids is 1. The third-order valence-corrected chi connectivity index (χ3v) is 11.9. The van der Waals surface area contributed by atoms with Gasteiger partial charge in [-0.1, -0.05) is 45.8 Å². The molecule has 2 bridgehead atoms. The minimum atomic E-state index is -4.01. The van der Waals surface area contributed by atoms with Crippen molar-refractivity contribution in [3.8, 4) is 11.3 Å². The highest BCUT2D eigenvalue weighted by atomic mass is 35.5. The number of aromatic nitrogens is 2. The number of carbonyl (C=O) groups is 1. The molecule has 2 saturated heterocycles. The molecule has 0 radical (unpaired) electrons. The van der Waals surface area contributed by atoms with Crippen LogP contribution in [0.5, 0.6) is 0 Å². The number of rotatable bonds is 9. The predicted octanol–water partition coefficient (Wildman–Crippen LogP) is 6.10. The number of piperidine rings is 1. The smallest absolute Gasteiger partial charge is 0.303 e. The summed E-state index contributed by atoms with van der Waals surface area (Å²) in [6.07, 6.45) is 5.92. The van der Waals surface area contributed by atoms with Crippen molar-refractivity contribution < 1.29 is 22.1 Å². The van der Waals surface area contributed by atoms with E-state index in [9.17, 15) is 13.2 Å². The number of halogens is 3. The Bertz CT molecular complexity index is 1880. The second-order valence-corrected chi connectivity index (χ2v) is 15.8. The molecule has 1 amide bonds. The van der Waals surface area contributed by atoms with E-state index >= 15 is 4.39 Å². The number of nitrogens with one attached hydrogen (secondary N) is 2. The Hall–Kier alpha value is -2.81. The molecule has 2 N–H and O–H groups in total. The van der Waals surface area contributed by atoms with Crippen LogP contribution in [0.4, 0.5) is 9.52 Å². The molecule has 0 spiro atoms. The standard InChI is InChI=1S/C30H31Cl2FN6O4S2/c1-38(2)45(41,42)37-29(40)16-10-23(33)27-24(11-16)44-30(35-27)39-18-8-9-19(39)13-17(12-18)34-14-20-26(36-43-28(20)15-6-7-15)25-21(31)4-3-5-22(25)32/h3-5,10-11,15,17-19,34H,6-9,12-14H2,1-2H3,(H,37,40). The monoisotopic (exact) mass is 692 g/mol. The molecule has 15 heteroatoms. The third kappa shape index (κ3) is 5.83. The highest BCUT2D eigenvalue weighted by Gasteiger charge is 2.42. The quantitative estimate of drug-likeness (QED) is 0.216. The molecule has 7 rings (SSSR count). The first-order chi connectivity index (χ1) is 21.5. The Morgan fingerprint density at radius 2 is 1.82 bits per heavy atom. The summed E-state index contributed by atoms with van der Waals surface area (Å²) < 4.78 is 48.5. The first-order valence-corrected chi connectivity index (χ1v) is 17.8. The molecule has 2 atom stereocenters. The van der Waals surface area contributed by atoms with Crippen LogP contribution in [-0.4, -0.2) is 61.0 Å². The first-order valence-electron chi connectivity index (χ1n) is 14.8. The molecule has 10 nitrogen and oxygen atoms in total. The maximum absolute atomic E-state index is 15.1. The molecule has 238 valence electrons. The van der Waals surface area contributed by atoms with Crippen molar-refractivity contribution in [2.75, 3.05) is 19.0 Å². The van der Waals surface area contributed by atoms with Gasteiger partial charge in [-0.3, -0.25) is 4.79 Å². The number of benzene rings is 2. The summed E-state index contributed by atoms with van der Waals surface area (Å²) in [5.74, 6) is -0.298. The van der Waals surface area contributed by atoms with Crippen molar-refractivity contribution in [3.63, 3.8) is 0 Å². The third-order valence-electron chi connectivity index (χ3n) is 8.89. The second kappa shape index (κ2) is 11.8.